The largest absolute Gasteiger partial charge is 0.367 e. The van der Waals surface area contributed by atoms with Crippen LogP contribution in [0.25, 0.3) is 0 Å². The van der Waals surface area contributed by atoms with Crippen molar-refractivity contribution in [3.8, 4) is 0 Å². The van der Waals surface area contributed by atoms with E-state index in [1.807, 2.05) is 24.0 Å². The molecule has 17 heavy (non-hydrogen) atoms. The zero-order chi connectivity index (χ0) is 12.8. The second-order valence-electron chi connectivity index (χ2n) is 6.05. The normalized spacial score (nSPS) is 28.2. The van der Waals surface area contributed by atoms with E-state index in [2.05, 4.69) is 32.8 Å². The van der Waals surface area contributed by atoms with Crippen molar-refractivity contribution >= 4 is 11.6 Å². The molecule has 3 nitrogen and oxygen atoms in total. The van der Waals surface area contributed by atoms with Crippen molar-refractivity contribution in [2.75, 3.05) is 0 Å². The number of hydrogen-bond donors (Lipinski definition) is 0. The molecule has 0 amide bonds. The number of alkyl halides is 1. The lowest BCUT2D eigenvalue weighted by Crippen LogP contribution is -2.31. The summed E-state index contributed by atoms with van der Waals surface area (Å²) < 4.78 is 8.08. The Morgan fingerprint density at radius 1 is 1.47 bits per heavy atom. The van der Waals surface area contributed by atoms with Crippen LogP contribution in [0.3, 0.4) is 0 Å². The van der Waals surface area contributed by atoms with Gasteiger partial charge in [-0.2, -0.15) is 5.10 Å². The first-order valence-corrected chi connectivity index (χ1v) is 6.53. The molecule has 0 N–H and O–H groups in total. The first kappa shape index (κ1) is 12.9. The average molecular weight is 257 g/mol. The van der Waals surface area contributed by atoms with Crippen molar-refractivity contribution in [2.45, 2.75) is 63.7 Å². The molecule has 4 heteroatoms. The lowest BCUT2D eigenvalue weighted by Gasteiger charge is -2.27. The van der Waals surface area contributed by atoms with Gasteiger partial charge in [0.2, 0.25) is 0 Å². The Morgan fingerprint density at radius 2 is 2.12 bits per heavy atom. The number of halogens is 1. The van der Waals surface area contributed by atoms with Gasteiger partial charge in [0.25, 0.3) is 0 Å². The molecule has 1 fully saturated rings. The molecule has 0 aliphatic carbocycles. The fraction of sp³-hybridized carbons (Fsp3) is 0.769. The quantitative estimate of drug-likeness (QED) is 0.755. The third-order valence-corrected chi connectivity index (χ3v) is 3.68. The summed E-state index contributed by atoms with van der Waals surface area (Å²) in [5.74, 6) is 0. The minimum atomic E-state index is -0.192. The van der Waals surface area contributed by atoms with Crippen molar-refractivity contribution in [2.24, 2.45) is 0 Å². The van der Waals surface area contributed by atoms with Gasteiger partial charge in [-0.1, -0.05) is 0 Å². The monoisotopic (exact) mass is 256 g/mol. The average Bonchev–Trinajstić information content (AvgIpc) is 2.67. The summed E-state index contributed by atoms with van der Waals surface area (Å²) in [6, 6.07) is 0.265. The number of ether oxygens (including phenoxy) is 1. The Hall–Kier alpha value is -0.540. The summed E-state index contributed by atoms with van der Waals surface area (Å²) in [6.07, 6.45) is 4.85. The molecule has 1 aromatic heterocycles. The van der Waals surface area contributed by atoms with Crippen LogP contribution in [0.1, 0.15) is 58.0 Å². The van der Waals surface area contributed by atoms with Gasteiger partial charge in [0.15, 0.2) is 0 Å². The molecule has 0 aromatic carbocycles. The van der Waals surface area contributed by atoms with E-state index in [-0.39, 0.29) is 22.6 Å². The van der Waals surface area contributed by atoms with Gasteiger partial charge < -0.3 is 4.74 Å². The Kier molecular flexibility index (Phi) is 3.03. The molecule has 1 aromatic rings. The van der Waals surface area contributed by atoms with Crippen molar-refractivity contribution in [3.05, 3.63) is 18.0 Å². The topological polar surface area (TPSA) is 27.1 Å². The predicted molar refractivity (Wildman–Crippen MR) is 69.4 cm³/mol. The van der Waals surface area contributed by atoms with E-state index in [1.165, 1.54) is 0 Å². The van der Waals surface area contributed by atoms with E-state index in [9.17, 15) is 0 Å². The summed E-state index contributed by atoms with van der Waals surface area (Å²) in [5.41, 5.74) is 0.780. The second kappa shape index (κ2) is 3.99. The Bertz CT molecular complexity index is 409. The maximum absolute atomic E-state index is 6.08. The molecular formula is C13H21ClN2O. The van der Waals surface area contributed by atoms with Crippen LogP contribution in [-0.4, -0.2) is 21.0 Å². The Balaban J connectivity index is 2.27. The first-order chi connectivity index (χ1) is 7.71. The zero-order valence-electron chi connectivity index (χ0n) is 11.2. The molecule has 1 aliphatic rings. The van der Waals surface area contributed by atoms with Crippen LogP contribution in [0.2, 0.25) is 0 Å². The van der Waals surface area contributed by atoms with Crippen LogP contribution < -0.4 is 0 Å². The number of nitrogens with zero attached hydrogens (tertiary/aromatic N) is 2. The van der Waals surface area contributed by atoms with Gasteiger partial charge in [0, 0.05) is 18.2 Å². The summed E-state index contributed by atoms with van der Waals surface area (Å²) in [5, 5.41) is 4.43. The van der Waals surface area contributed by atoms with Gasteiger partial charge in [-0.05, 0) is 34.6 Å². The fourth-order valence-electron chi connectivity index (χ4n) is 2.67. The highest BCUT2D eigenvalue weighted by Gasteiger charge is 2.47. The molecule has 1 saturated heterocycles. The van der Waals surface area contributed by atoms with Crippen LogP contribution in [0.15, 0.2) is 12.4 Å². The van der Waals surface area contributed by atoms with E-state index in [1.54, 1.807) is 0 Å². The van der Waals surface area contributed by atoms with Gasteiger partial charge >= 0.3 is 0 Å². The standard InChI is InChI=1S/C13H21ClN2O/c1-9(14)10-7-15-16(8-10)11-6-12(2,3)17-13(11,4)5/h7-9,11H,6H2,1-5H3. The zero-order valence-corrected chi connectivity index (χ0v) is 12.0. The summed E-state index contributed by atoms with van der Waals surface area (Å²) in [6.45, 7) is 10.5. The van der Waals surface area contributed by atoms with Gasteiger partial charge in [0.1, 0.15) is 0 Å². The van der Waals surface area contributed by atoms with Crippen molar-refractivity contribution < 1.29 is 4.74 Å². The second-order valence-corrected chi connectivity index (χ2v) is 6.71. The SMILES string of the molecule is CC(Cl)c1cnn(C2CC(C)(C)OC2(C)C)c1. The summed E-state index contributed by atoms with van der Waals surface area (Å²) in [7, 11) is 0. The Labute approximate surface area is 108 Å². The smallest absolute Gasteiger partial charge is 0.0857 e. The van der Waals surface area contributed by atoms with E-state index >= 15 is 0 Å². The summed E-state index contributed by atoms with van der Waals surface area (Å²) >= 11 is 6.07. The van der Waals surface area contributed by atoms with E-state index in [0.717, 1.165) is 12.0 Å². The molecule has 2 atom stereocenters. The molecular weight excluding hydrogens is 236 g/mol. The maximum Gasteiger partial charge on any atom is 0.0857 e. The minimum Gasteiger partial charge on any atom is -0.367 e. The van der Waals surface area contributed by atoms with Crippen LogP contribution in [-0.2, 0) is 4.74 Å². The third kappa shape index (κ3) is 2.50. The van der Waals surface area contributed by atoms with Crippen molar-refractivity contribution in [1.82, 2.24) is 9.78 Å². The molecule has 2 heterocycles. The minimum absolute atomic E-state index is 0.00203. The van der Waals surface area contributed by atoms with Crippen molar-refractivity contribution in [1.29, 1.82) is 0 Å². The van der Waals surface area contributed by atoms with Gasteiger partial charge in [-0.15, -0.1) is 11.6 Å². The van der Waals surface area contributed by atoms with Gasteiger partial charge in [-0.25, -0.2) is 0 Å². The molecule has 96 valence electrons. The van der Waals surface area contributed by atoms with E-state index < -0.39 is 0 Å². The molecule has 0 bridgehead atoms. The van der Waals surface area contributed by atoms with Gasteiger partial charge in [-0.3, -0.25) is 4.68 Å². The van der Waals surface area contributed by atoms with Crippen molar-refractivity contribution in [3.63, 3.8) is 0 Å². The number of aromatic nitrogens is 2. The lowest BCUT2D eigenvalue weighted by atomic mass is 9.95. The molecule has 1 aliphatic heterocycles. The maximum atomic E-state index is 6.08. The Morgan fingerprint density at radius 3 is 2.53 bits per heavy atom. The lowest BCUT2D eigenvalue weighted by molar-refractivity contribution is -0.0737. The van der Waals surface area contributed by atoms with Crippen LogP contribution in [0.5, 0.6) is 0 Å². The highest BCUT2D eigenvalue weighted by atomic mass is 35.5. The molecule has 0 spiro atoms. The van der Waals surface area contributed by atoms with Crippen LogP contribution in [0.4, 0.5) is 0 Å². The van der Waals surface area contributed by atoms with Crippen LogP contribution >= 0.6 is 11.6 Å². The predicted octanol–water partition coefficient (Wildman–Crippen LogP) is 3.70. The highest BCUT2D eigenvalue weighted by Crippen LogP contribution is 2.44. The first-order valence-electron chi connectivity index (χ1n) is 6.09. The molecule has 0 saturated carbocycles. The number of hydrogen-bond acceptors (Lipinski definition) is 2. The summed E-state index contributed by atoms with van der Waals surface area (Å²) in [4.78, 5) is 0. The van der Waals surface area contributed by atoms with E-state index in [0.29, 0.717) is 0 Å². The molecule has 2 unspecified atom stereocenters. The third-order valence-electron chi connectivity index (χ3n) is 3.43. The number of rotatable bonds is 2. The molecule has 2 rings (SSSR count). The van der Waals surface area contributed by atoms with Gasteiger partial charge in [0.05, 0.1) is 28.8 Å². The fourth-order valence-corrected chi connectivity index (χ4v) is 2.79. The highest BCUT2D eigenvalue weighted by molar-refractivity contribution is 6.20. The molecule has 0 radical (unpaired) electrons. The van der Waals surface area contributed by atoms with Crippen LogP contribution in [0, 0.1) is 0 Å². The van der Waals surface area contributed by atoms with E-state index in [4.69, 9.17) is 16.3 Å².